The summed E-state index contributed by atoms with van der Waals surface area (Å²) in [6.07, 6.45) is 4.87. The summed E-state index contributed by atoms with van der Waals surface area (Å²) in [5.41, 5.74) is -0.0610. The summed E-state index contributed by atoms with van der Waals surface area (Å²) in [5, 5.41) is 13.3. The normalized spacial score (nSPS) is 29.5. The molecule has 0 aromatic heterocycles. The van der Waals surface area contributed by atoms with Crippen LogP contribution in [0.4, 0.5) is 0 Å². The first-order chi connectivity index (χ1) is 8.00. The minimum absolute atomic E-state index is 0.0610. The van der Waals surface area contributed by atoms with E-state index in [2.05, 4.69) is 33.0 Å². The van der Waals surface area contributed by atoms with Gasteiger partial charge in [-0.2, -0.15) is 0 Å². The second kappa shape index (κ2) is 6.72. The van der Waals surface area contributed by atoms with Gasteiger partial charge in [-0.3, -0.25) is 0 Å². The molecule has 3 nitrogen and oxygen atoms in total. The SMILES string of the molecule is CC(C)NC1(CO)CCCC1CCOC(C)C. The molecule has 1 saturated carbocycles. The minimum Gasteiger partial charge on any atom is -0.394 e. The number of rotatable bonds is 7. The molecule has 0 saturated heterocycles. The maximum Gasteiger partial charge on any atom is 0.0616 e. The third kappa shape index (κ3) is 4.23. The Hall–Kier alpha value is -0.120. The summed E-state index contributed by atoms with van der Waals surface area (Å²) < 4.78 is 5.64. The zero-order chi connectivity index (χ0) is 12.9. The molecule has 2 N–H and O–H groups in total. The van der Waals surface area contributed by atoms with Crippen LogP contribution in [0.2, 0.25) is 0 Å². The third-order valence-corrected chi connectivity index (χ3v) is 3.73. The zero-order valence-electron chi connectivity index (χ0n) is 11.8. The predicted octanol–water partition coefficient (Wildman–Crippen LogP) is 2.33. The maximum atomic E-state index is 9.74. The van der Waals surface area contributed by atoms with Crippen LogP contribution in [0, 0.1) is 5.92 Å². The molecular weight excluding hydrogens is 214 g/mol. The Bertz CT molecular complexity index is 218. The first-order valence-electron chi connectivity index (χ1n) is 7.00. The molecule has 1 aliphatic carbocycles. The molecule has 2 unspecified atom stereocenters. The number of hydrogen-bond donors (Lipinski definition) is 2. The molecule has 0 aromatic rings. The van der Waals surface area contributed by atoms with Gasteiger partial charge in [-0.1, -0.05) is 20.3 Å². The smallest absolute Gasteiger partial charge is 0.0616 e. The summed E-state index contributed by atoms with van der Waals surface area (Å²) in [6.45, 7) is 9.50. The quantitative estimate of drug-likeness (QED) is 0.721. The van der Waals surface area contributed by atoms with Crippen LogP contribution in [0.15, 0.2) is 0 Å². The van der Waals surface area contributed by atoms with Gasteiger partial charge >= 0.3 is 0 Å². The van der Waals surface area contributed by atoms with Crippen molar-refractivity contribution in [2.45, 2.75) is 71.1 Å². The van der Waals surface area contributed by atoms with Gasteiger partial charge in [0.2, 0.25) is 0 Å². The van der Waals surface area contributed by atoms with Crippen LogP contribution in [0.25, 0.3) is 0 Å². The zero-order valence-corrected chi connectivity index (χ0v) is 11.8. The summed E-state index contributed by atoms with van der Waals surface area (Å²) >= 11 is 0. The molecule has 0 bridgehead atoms. The second-order valence-electron chi connectivity index (χ2n) is 5.91. The van der Waals surface area contributed by atoms with Crippen LogP contribution in [0.3, 0.4) is 0 Å². The van der Waals surface area contributed by atoms with Gasteiger partial charge in [-0.05, 0) is 39.0 Å². The van der Waals surface area contributed by atoms with E-state index in [4.69, 9.17) is 4.74 Å². The van der Waals surface area contributed by atoms with E-state index < -0.39 is 0 Å². The number of nitrogens with one attached hydrogen (secondary N) is 1. The molecular formula is C14H29NO2. The lowest BCUT2D eigenvalue weighted by atomic mass is 9.85. The number of hydrogen-bond acceptors (Lipinski definition) is 3. The highest BCUT2D eigenvalue weighted by atomic mass is 16.5. The number of aliphatic hydroxyl groups is 1. The highest BCUT2D eigenvalue weighted by Gasteiger charge is 2.42. The van der Waals surface area contributed by atoms with Gasteiger partial charge in [0.1, 0.15) is 0 Å². The van der Waals surface area contributed by atoms with Gasteiger partial charge in [0.15, 0.2) is 0 Å². The fourth-order valence-corrected chi connectivity index (χ4v) is 3.03. The Labute approximate surface area is 106 Å². The topological polar surface area (TPSA) is 41.5 Å². The van der Waals surface area contributed by atoms with E-state index in [-0.39, 0.29) is 12.1 Å². The fourth-order valence-electron chi connectivity index (χ4n) is 3.03. The van der Waals surface area contributed by atoms with Crippen molar-refractivity contribution in [3.63, 3.8) is 0 Å². The van der Waals surface area contributed by atoms with E-state index in [0.717, 1.165) is 19.4 Å². The van der Waals surface area contributed by atoms with Crippen LogP contribution in [0.1, 0.15) is 53.4 Å². The highest BCUT2D eigenvalue weighted by molar-refractivity contribution is 4.99. The van der Waals surface area contributed by atoms with Gasteiger partial charge in [0.25, 0.3) is 0 Å². The van der Waals surface area contributed by atoms with Crippen LogP contribution in [-0.2, 0) is 4.74 Å². The van der Waals surface area contributed by atoms with Crippen LogP contribution < -0.4 is 5.32 Å². The minimum atomic E-state index is -0.0610. The van der Waals surface area contributed by atoms with Crippen LogP contribution in [0.5, 0.6) is 0 Å². The first-order valence-corrected chi connectivity index (χ1v) is 7.00. The van der Waals surface area contributed by atoms with Gasteiger partial charge in [0.05, 0.1) is 12.7 Å². The van der Waals surface area contributed by atoms with Crippen molar-refractivity contribution in [2.24, 2.45) is 5.92 Å². The summed E-state index contributed by atoms with van der Waals surface area (Å²) in [7, 11) is 0. The van der Waals surface area contributed by atoms with Crippen molar-refractivity contribution >= 4 is 0 Å². The van der Waals surface area contributed by atoms with E-state index in [0.29, 0.717) is 18.1 Å². The lowest BCUT2D eigenvalue weighted by Gasteiger charge is -2.37. The lowest BCUT2D eigenvalue weighted by Crippen LogP contribution is -2.54. The molecule has 1 fully saturated rings. The molecule has 1 rings (SSSR count). The van der Waals surface area contributed by atoms with Crippen molar-refractivity contribution in [1.82, 2.24) is 5.32 Å². The van der Waals surface area contributed by atoms with Gasteiger partial charge < -0.3 is 15.2 Å². The predicted molar refractivity (Wildman–Crippen MR) is 71.1 cm³/mol. The summed E-state index contributed by atoms with van der Waals surface area (Å²) in [6, 6.07) is 0.425. The molecule has 1 aliphatic rings. The summed E-state index contributed by atoms with van der Waals surface area (Å²) in [4.78, 5) is 0. The van der Waals surface area contributed by atoms with Crippen molar-refractivity contribution in [2.75, 3.05) is 13.2 Å². The van der Waals surface area contributed by atoms with Crippen molar-refractivity contribution in [3.8, 4) is 0 Å². The van der Waals surface area contributed by atoms with Crippen molar-refractivity contribution in [1.29, 1.82) is 0 Å². The monoisotopic (exact) mass is 243 g/mol. The first kappa shape index (κ1) is 14.9. The largest absolute Gasteiger partial charge is 0.394 e. The Morgan fingerprint density at radius 2 is 2.06 bits per heavy atom. The Kier molecular flexibility index (Phi) is 5.90. The molecule has 0 amide bonds. The number of ether oxygens (including phenoxy) is 1. The van der Waals surface area contributed by atoms with E-state index in [1.54, 1.807) is 0 Å². The average molecular weight is 243 g/mol. The molecule has 102 valence electrons. The van der Waals surface area contributed by atoms with E-state index in [9.17, 15) is 5.11 Å². The van der Waals surface area contributed by atoms with Crippen molar-refractivity contribution in [3.05, 3.63) is 0 Å². The van der Waals surface area contributed by atoms with E-state index >= 15 is 0 Å². The molecule has 0 spiro atoms. The van der Waals surface area contributed by atoms with Crippen LogP contribution in [-0.4, -0.2) is 36.0 Å². The molecule has 17 heavy (non-hydrogen) atoms. The average Bonchev–Trinajstić information content (AvgIpc) is 2.61. The van der Waals surface area contributed by atoms with Gasteiger partial charge in [-0.25, -0.2) is 0 Å². The maximum absolute atomic E-state index is 9.74. The molecule has 0 aromatic carbocycles. The van der Waals surface area contributed by atoms with E-state index in [1.165, 1.54) is 12.8 Å². The molecule has 0 radical (unpaired) electrons. The molecule has 0 aliphatic heterocycles. The number of aliphatic hydroxyl groups excluding tert-OH is 1. The fraction of sp³-hybridized carbons (Fsp3) is 1.00. The van der Waals surface area contributed by atoms with Gasteiger partial charge in [-0.15, -0.1) is 0 Å². The highest BCUT2D eigenvalue weighted by Crippen LogP contribution is 2.38. The van der Waals surface area contributed by atoms with E-state index in [1.807, 2.05) is 0 Å². The Morgan fingerprint density at radius 1 is 1.35 bits per heavy atom. The standard InChI is InChI=1S/C14H29NO2/c1-11(2)15-14(10-16)8-5-6-13(14)7-9-17-12(3)4/h11-13,15-16H,5-10H2,1-4H3. The third-order valence-electron chi connectivity index (χ3n) is 3.73. The molecule has 2 atom stereocenters. The molecule has 3 heteroatoms. The second-order valence-corrected chi connectivity index (χ2v) is 5.91. The van der Waals surface area contributed by atoms with Crippen LogP contribution >= 0.6 is 0 Å². The van der Waals surface area contributed by atoms with Gasteiger partial charge in [0, 0.05) is 18.2 Å². The Balaban J connectivity index is 2.50. The Morgan fingerprint density at radius 3 is 2.59 bits per heavy atom. The van der Waals surface area contributed by atoms with Crippen molar-refractivity contribution < 1.29 is 9.84 Å². The summed E-state index contributed by atoms with van der Waals surface area (Å²) in [5.74, 6) is 0.550. The molecule has 0 heterocycles. The lowest BCUT2D eigenvalue weighted by molar-refractivity contribution is 0.0467.